The zero-order valence-corrected chi connectivity index (χ0v) is 11.6. The van der Waals surface area contributed by atoms with Crippen LogP contribution in [0.25, 0.3) is 0 Å². The zero-order chi connectivity index (χ0) is 13.8. The van der Waals surface area contributed by atoms with E-state index in [9.17, 15) is 9.90 Å². The highest BCUT2D eigenvalue weighted by Gasteiger charge is 2.22. The van der Waals surface area contributed by atoms with Crippen LogP contribution in [0.5, 0.6) is 0 Å². The summed E-state index contributed by atoms with van der Waals surface area (Å²) >= 11 is 0. The molecule has 0 saturated heterocycles. The van der Waals surface area contributed by atoms with Gasteiger partial charge in [-0.3, -0.25) is 4.79 Å². The molecule has 0 saturated carbocycles. The van der Waals surface area contributed by atoms with Gasteiger partial charge in [-0.2, -0.15) is 0 Å². The lowest BCUT2D eigenvalue weighted by molar-refractivity contribution is 0.0514. The predicted molar refractivity (Wildman–Crippen MR) is 72.7 cm³/mol. The molecule has 18 heavy (non-hydrogen) atoms. The summed E-state index contributed by atoms with van der Waals surface area (Å²) in [5.74, 6) is 0.696. The minimum Gasteiger partial charge on any atom is -0.388 e. The van der Waals surface area contributed by atoms with Gasteiger partial charge in [0.05, 0.1) is 5.60 Å². The van der Waals surface area contributed by atoms with Gasteiger partial charge in [0, 0.05) is 25.5 Å². The van der Waals surface area contributed by atoms with Crippen molar-refractivity contribution in [1.82, 2.24) is 9.55 Å². The molecule has 102 valence electrons. The van der Waals surface area contributed by atoms with Crippen LogP contribution in [0.1, 0.15) is 34.1 Å². The van der Waals surface area contributed by atoms with Gasteiger partial charge in [0.15, 0.2) is 5.82 Å². The van der Waals surface area contributed by atoms with Crippen LogP contribution in [0.3, 0.4) is 0 Å². The third-order valence-corrected chi connectivity index (χ3v) is 2.74. The molecule has 1 unspecified atom stereocenters. The first-order chi connectivity index (χ1) is 8.35. The molecule has 5 heteroatoms. The van der Waals surface area contributed by atoms with Crippen molar-refractivity contribution in [3.8, 4) is 0 Å². The largest absolute Gasteiger partial charge is 0.388 e. The van der Waals surface area contributed by atoms with Gasteiger partial charge in [-0.15, -0.1) is 0 Å². The molecular formula is C13H23N3O2. The molecule has 0 spiro atoms. The van der Waals surface area contributed by atoms with Gasteiger partial charge in [0.2, 0.25) is 0 Å². The molecule has 0 amide bonds. The Balaban J connectivity index is 2.72. The second-order valence-electron chi connectivity index (χ2n) is 5.32. The molecule has 0 fully saturated rings. The summed E-state index contributed by atoms with van der Waals surface area (Å²) in [6.07, 6.45) is 3.92. The van der Waals surface area contributed by atoms with Crippen molar-refractivity contribution in [2.75, 3.05) is 11.9 Å². The molecule has 1 atom stereocenters. The lowest BCUT2D eigenvalue weighted by Crippen LogP contribution is -2.37. The van der Waals surface area contributed by atoms with Crippen LogP contribution in [-0.4, -0.2) is 26.8 Å². The second-order valence-corrected chi connectivity index (χ2v) is 5.32. The minimum atomic E-state index is -0.838. The van der Waals surface area contributed by atoms with Crippen LogP contribution in [0, 0.1) is 5.92 Å². The van der Waals surface area contributed by atoms with E-state index in [1.807, 2.05) is 6.92 Å². The fourth-order valence-electron chi connectivity index (χ4n) is 2.04. The highest BCUT2D eigenvalue weighted by molar-refractivity contribution is 5.31. The van der Waals surface area contributed by atoms with Crippen molar-refractivity contribution < 1.29 is 5.11 Å². The van der Waals surface area contributed by atoms with Crippen LogP contribution >= 0.6 is 0 Å². The summed E-state index contributed by atoms with van der Waals surface area (Å²) in [5, 5.41) is 13.1. The van der Waals surface area contributed by atoms with E-state index in [4.69, 9.17) is 0 Å². The number of nitrogens with zero attached hydrogens (tertiary/aromatic N) is 2. The Morgan fingerprint density at radius 1 is 1.56 bits per heavy atom. The first-order valence-electron chi connectivity index (χ1n) is 6.37. The standard InChI is InChI=1S/C13H23N3O2/c1-5-16-7-6-14-11(12(16)17)15-9-13(4,18)8-10(2)3/h6-7,10,18H,5,8-9H2,1-4H3,(H,14,15). The molecule has 1 heterocycles. The van der Waals surface area contributed by atoms with Crippen LogP contribution in [-0.2, 0) is 6.54 Å². The van der Waals surface area contributed by atoms with E-state index in [1.54, 1.807) is 23.9 Å². The van der Waals surface area contributed by atoms with E-state index in [1.165, 1.54) is 0 Å². The number of aromatic nitrogens is 2. The molecule has 1 aromatic rings. The fourth-order valence-corrected chi connectivity index (χ4v) is 2.04. The van der Waals surface area contributed by atoms with E-state index >= 15 is 0 Å². The Kier molecular flexibility index (Phi) is 4.90. The van der Waals surface area contributed by atoms with Gasteiger partial charge in [0.1, 0.15) is 0 Å². The van der Waals surface area contributed by atoms with Crippen molar-refractivity contribution in [3.05, 3.63) is 22.7 Å². The minimum absolute atomic E-state index is 0.152. The molecule has 0 aromatic carbocycles. The van der Waals surface area contributed by atoms with Gasteiger partial charge in [-0.25, -0.2) is 4.98 Å². The average Bonchev–Trinajstić information content (AvgIpc) is 2.26. The number of rotatable bonds is 6. The number of aliphatic hydroxyl groups is 1. The summed E-state index contributed by atoms with van der Waals surface area (Å²) in [6, 6.07) is 0. The number of anilines is 1. The Labute approximate surface area is 108 Å². The lowest BCUT2D eigenvalue weighted by Gasteiger charge is -2.25. The summed E-state index contributed by atoms with van der Waals surface area (Å²) < 4.78 is 1.58. The molecule has 5 nitrogen and oxygen atoms in total. The maximum absolute atomic E-state index is 11.9. The van der Waals surface area contributed by atoms with Gasteiger partial charge in [-0.05, 0) is 26.2 Å². The number of hydrogen-bond acceptors (Lipinski definition) is 4. The van der Waals surface area contributed by atoms with E-state index in [-0.39, 0.29) is 5.56 Å². The monoisotopic (exact) mass is 253 g/mol. The normalized spacial score (nSPS) is 14.6. The van der Waals surface area contributed by atoms with Crippen molar-refractivity contribution in [1.29, 1.82) is 0 Å². The van der Waals surface area contributed by atoms with Crippen LogP contribution in [0.15, 0.2) is 17.2 Å². The molecule has 0 aliphatic rings. The number of aryl methyl sites for hydroxylation is 1. The molecule has 1 rings (SSSR count). The van der Waals surface area contributed by atoms with E-state index in [0.717, 1.165) is 0 Å². The van der Waals surface area contributed by atoms with Crippen molar-refractivity contribution in [3.63, 3.8) is 0 Å². The third-order valence-electron chi connectivity index (χ3n) is 2.74. The number of hydrogen-bond donors (Lipinski definition) is 2. The quantitative estimate of drug-likeness (QED) is 0.805. The summed E-state index contributed by atoms with van der Waals surface area (Å²) in [7, 11) is 0. The Hall–Kier alpha value is -1.36. The molecule has 0 bridgehead atoms. The smallest absolute Gasteiger partial charge is 0.293 e. The maximum Gasteiger partial charge on any atom is 0.293 e. The van der Waals surface area contributed by atoms with E-state index in [0.29, 0.717) is 31.2 Å². The topological polar surface area (TPSA) is 67.2 Å². The van der Waals surface area contributed by atoms with Gasteiger partial charge in [-0.1, -0.05) is 13.8 Å². The molecule has 0 aliphatic carbocycles. The molecule has 0 aliphatic heterocycles. The highest BCUT2D eigenvalue weighted by Crippen LogP contribution is 2.16. The zero-order valence-electron chi connectivity index (χ0n) is 11.6. The van der Waals surface area contributed by atoms with Gasteiger partial charge >= 0.3 is 0 Å². The average molecular weight is 253 g/mol. The van der Waals surface area contributed by atoms with Crippen LogP contribution in [0.2, 0.25) is 0 Å². The lowest BCUT2D eigenvalue weighted by atomic mass is 9.94. The van der Waals surface area contributed by atoms with E-state index < -0.39 is 5.60 Å². The molecule has 0 radical (unpaired) electrons. The Bertz CT molecular complexity index is 438. The van der Waals surface area contributed by atoms with Crippen molar-refractivity contribution in [2.24, 2.45) is 5.92 Å². The van der Waals surface area contributed by atoms with Gasteiger partial charge < -0.3 is 15.0 Å². The summed E-state index contributed by atoms with van der Waals surface area (Å²) in [5.41, 5.74) is -0.991. The first-order valence-corrected chi connectivity index (χ1v) is 6.37. The first kappa shape index (κ1) is 14.7. The van der Waals surface area contributed by atoms with Crippen LogP contribution < -0.4 is 10.9 Å². The van der Waals surface area contributed by atoms with Crippen molar-refractivity contribution in [2.45, 2.75) is 46.3 Å². The summed E-state index contributed by atoms with van der Waals surface area (Å²) in [6.45, 7) is 8.71. The molecule has 1 aromatic heterocycles. The fraction of sp³-hybridized carbons (Fsp3) is 0.692. The van der Waals surface area contributed by atoms with E-state index in [2.05, 4.69) is 24.1 Å². The SMILES string of the molecule is CCn1ccnc(NCC(C)(O)CC(C)C)c1=O. The third kappa shape index (κ3) is 4.14. The van der Waals surface area contributed by atoms with Crippen LogP contribution in [0.4, 0.5) is 5.82 Å². The second kappa shape index (κ2) is 6.00. The Morgan fingerprint density at radius 3 is 2.78 bits per heavy atom. The van der Waals surface area contributed by atoms with Crippen molar-refractivity contribution >= 4 is 5.82 Å². The van der Waals surface area contributed by atoms with Gasteiger partial charge in [0.25, 0.3) is 5.56 Å². The molecular weight excluding hydrogens is 230 g/mol. The highest BCUT2D eigenvalue weighted by atomic mass is 16.3. The Morgan fingerprint density at radius 2 is 2.22 bits per heavy atom. The number of nitrogens with one attached hydrogen (secondary N) is 1. The molecule has 2 N–H and O–H groups in total. The maximum atomic E-state index is 11.9. The predicted octanol–water partition coefficient (Wildman–Crippen LogP) is 1.47. The summed E-state index contributed by atoms with van der Waals surface area (Å²) in [4.78, 5) is 15.9.